The van der Waals surface area contributed by atoms with Gasteiger partial charge >= 0.3 is 0 Å². The van der Waals surface area contributed by atoms with Gasteiger partial charge in [0.1, 0.15) is 15.7 Å². The third-order valence-electron chi connectivity index (χ3n) is 2.58. The van der Waals surface area contributed by atoms with Gasteiger partial charge in [-0.25, -0.2) is 8.42 Å². The lowest BCUT2D eigenvalue weighted by atomic mass is 10.3. The first-order valence-electron chi connectivity index (χ1n) is 5.46. The predicted octanol–water partition coefficient (Wildman–Crippen LogP) is 1.88. The maximum Gasteiger partial charge on any atom is 0.244 e. The van der Waals surface area contributed by atoms with Gasteiger partial charge in [0.05, 0.1) is 5.02 Å². The number of rotatable bonds is 5. The van der Waals surface area contributed by atoms with Crippen molar-refractivity contribution in [1.29, 1.82) is 0 Å². The molecule has 0 aliphatic heterocycles. The second-order valence-electron chi connectivity index (χ2n) is 4.34. The predicted molar refractivity (Wildman–Crippen MR) is 76.5 cm³/mol. The number of sulfonamides is 1. The molecular weight excluding hydrogens is 311 g/mol. The van der Waals surface area contributed by atoms with E-state index in [-0.39, 0.29) is 20.7 Å². The molecule has 0 saturated heterocycles. The highest BCUT2D eigenvalue weighted by molar-refractivity contribution is 7.89. The van der Waals surface area contributed by atoms with Crippen molar-refractivity contribution < 1.29 is 13.5 Å². The van der Waals surface area contributed by atoms with Crippen molar-refractivity contribution in [2.75, 3.05) is 34.2 Å². The standard InChI is InChI=1S/C11H16Cl2N2O3S/c1-14(2)6-7-15(3)19(17,18)9-5-4-8(16)10(12)11(9)13/h4-5,16H,6-7H2,1-3H3. The Kier molecular flexibility index (Phi) is 5.46. The van der Waals surface area contributed by atoms with Gasteiger partial charge in [0, 0.05) is 20.1 Å². The first-order chi connectivity index (χ1) is 8.67. The van der Waals surface area contributed by atoms with Gasteiger partial charge in [0.25, 0.3) is 0 Å². The first kappa shape index (κ1) is 16.5. The normalized spacial score (nSPS) is 12.4. The van der Waals surface area contributed by atoms with Crippen LogP contribution in [-0.4, -0.2) is 57.0 Å². The van der Waals surface area contributed by atoms with Crippen LogP contribution in [0.1, 0.15) is 0 Å². The highest BCUT2D eigenvalue weighted by atomic mass is 35.5. The van der Waals surface area contributed by atoms with Gasteiger partial charge in [-0.15, -0.1) is 0 Å². The molecule has 8 heteroatoms. The molecular formula is C11H16Cl2N2O3S. The topological polar surface area (TPSA) is 60.9 Å². The summed E-state index contributed by atoms with van der Waals surface area (Å²) < 4.78 is 25.8. The molecule has 1 rings (SSSR count). The van der Waals surface area contributed by atoms with E-state index >= 15 is 0 Å². The van der Waals surface area contributed by atoms with Crippen LogP contribution in [0, 0.1) is 0 Å². The van der Waals surface area contributed by atoms with Crippen LogP contribution in [0.25, 0.3) is 0 Å². The van der Waals surface area contributed by atoms with Gasteiger partial charge < -0.3 is 10.0 Å². The minimum atomic E-state index is -3.73. The largest absolute Gasteiger partial charge is 0.506 e. The van der Waals surface area contributed by atoms with Crippen LogP contribution in [0.4, 0.5) is 0 Å². The lowest BCUT2D eigenvalue weighted by Crippen LogP contribution is -2.33. The van der Waals surface area contributed by atoms with E-state index in [0.29, 0.717) is 13.1 Å². The van der Waals surface area contributed by atoms with Crippen LogP contribution in [-0.2, 0) is 10.0 Å². The number of phenolic OH excluding ortho intramolecular Hbond substituents is 1. The van der Waals surface area contributed by atoms with E-state index in [1.54, 1.807) is 0 Å². The Balaban J connectivity index is 3.10. The van der Waals surface area contributed by atoms with Crippen LogP contribution in [0.3, 0.4) is 0 Å². The van der Waals surface area contributed by atoms with Crippen LogP contribution >= 0.6 is 23.2 Å². The van der Waals surface area contributed by atoms with Crippen molar-refractivity contribution in [2.24, 2.45) is 0 Å². The number of phenols is 1. The lowest BCUT2D eigenvalue weighted by molar-refractivity contribution is 0.358. The van der Waals surface area contributed by atoms with Crippen molar-refractivity contribution in [1.82, 2.24) is 9.21 Å². The van der Waals surface area contributed by atoms with Gasteiger partial charge in [-0.2, -0.15) is 4.31 Å². The minimum absolute atomic E-state index is 0.113. The molecule has 1 N–H and O–H groups in total. The van der Waals surface area contributed by atoms with Crippen LogP contribution in [0.15, 0.2) is 17.0 Å². The minimum Gasteiger partial charge on any atom is -0.506 e. The quantitative estimate of drug-likeness (QED) is 0.897. The smallest absolute Gasteiger partial charge is 0.244 e. The monoisotopic (exact) mass is 326 g/mol. The molecule has 5 nitrogen and oxygen atoms in total. The summed E-state index contributed by atoms with van der Waals surface area (Å²) in [5.41, 5.74) is 0. The maximum absolute atomic E-state index is 12.3. The number of benzene rings is 1. The molecule has 0 aromatic heterocycles. The summed E-state index contributed by atoms with van der Waals surface area (Å²) in [5, 5.41) is 9.04. The second-order valence-corrected chi connectivity index (χ2v) is 7.11. The molecule has 0 amide bonds. The number of hydrogen-bond acceptors (Lipinski definition) is 4. The molecule has 0 radical (unpaired) electrons. The summed E-state index contributed by atoms with van der Waals surface area (Å²) >= 11 is 11.6. The lowest BCUT2D eigenvalue weighted by Gasteiger charge is -2.20. The Morgan fingerprint density at radius 1 is 1.11 bits per heavy atom. The van der Waals surface area contributed by atoms with E-state index in [1.807, 2.05) is 19.0 Å². The van der Waals surface area contributed by atoms with Gasteiger partial charge in [0.15, 0.2) is 0 Å². The van der Waals surface area contributed by atoms with Crippen molar-refractivity contribution in [3.05, 3.63) is 22.2 Å². The van der Waals surface area contributed by atoms with E-state index in [4.69, 9.17) is 23.2 Å². The van der Waals surface area contributed by atoms with Crippen LogP contribution in [0.5, 0.6) is 5.75 Å². The van der Waals surface area contributed by atoms with E-state index in [0.717, 1.165) is 0 Å². The molecule has 0 unspecified atom stereocenters. The molecule has 19 heavy (non-hydrogen) atoms. The summed E-state index contributed by atoms with van der Waals surface area (Å²) in [4.78, 5) is 1.76. The fourth-order valence-corrected chi connectivity index (χ4v) is 3.25. The van der Waals surface area contributed by atoms with E-state index < -0.39 is 10.0 Å². The Morgan fingerprint density at radius 2 is 1.68 bits per heavy atom. The molecule has 0 heterocycles. The van der Waals surface area contributed by atoms with Crippen molar-refractivity contribution in [3.63, 3.8) is 0 Å². The van der Waals surface area contributed by atoms with E-state index in [1.165, 1.54) is 23.5 Å². The molecule has 0 atom stereocenters. The Morgan fingerprint density at radius 3 is 2.21 bits per heavy atom. The van der Waals surface area contributed by atoms with Crippen molar-refractivity contribution in [3.8, 4) is 5.75 Å². The first-order valence-corrected chi connectivity index (χ1v) is 7.65. The molecule has 1 aromatic rings. The molecule has 0 spiro atoms. The summed E-state index contributed by atoms with van der Waals surface area (Å²) in [7, 11) is 1.45. The average Bonchev–Trinajstić information content (AvgIpc) is 2.32. The molecule has 0 aliphatic rings. The van der Waals surface area contributed by atoms with Gasteiger partial charge in [-0.3, -0.25) is 0 Å². The summed E-state index contributed by atoms with van der Waals surface area (Å²) in [6.07, 6.45) is 0. The second kappa shape index (κ2) is 6.28. The molecule has 0 aliphatic carbocycles. The van der Waals surface area contributed by atoms with E-state index in [2.05, 4.69) is 0 Å². The van der Waals surface area contributed by atoms with Gasteiger partial charge in [-0.1, -0.05) is 23.2 Å². The third kappa shape index (κ3) is 3.73. The zero-order chi connectivity index (χ0) is 14.8. The van der Waals surface area contributed by atoms with Crippen molar-refractivity contribution in [2.45, 2.75) is 4.90 Å². The fourth-order valence-electron chi connectivity index (χ4n) is 1.35. The van der Waals surface area contributed by atoms with Crippen LogP contribution in [0.2, 0.25) is 10.0 Å². The number of likely N-dealkylation sites (N-methyl/N-ethyl adjacent to an activating group) is 2. The summed E-state index contributed by atoms with van der Waals surface area (Å²) in [5.74, 6) is -0.249. The number of hydrogen-bond donors (Lipinski definition) is 1. The van der Waals surface area contributed by atoms with Gasteiger partial charge in [-0.05, 0) is 26.2 Å². The molecule has 1 aromatic carbocycles. The highest BCUT2D eigenvalue weighted by Crippen LogP contribution is 2.36. The number of aromatic hydroxyl groups is 1. The van der Waals surface area contributed by atoms with E-state index in [9.17, 15) is 13.5 Å². The number of halogens is 2. The van der Waals surface area contributed by atoms with Crippen LogP contribution < -0.4 is 0 Å². The zero-order valence-electron chi connectivity index (χ0n) is 10.9. The van der Waals surface area contributed by atoms with Gasteiger partial charge in [0.2, 0.25) is 10.0 Å². The zero-order valence-corrected chi connectivity index (χ0v) is 13.2. The Bertz CT molecular complexity index is 561. The SMILES string of the molecule is CN(C)CCN(C)S(=O)(=O)c1ccc(O)c(Cl)c1Cl. The Labute approximate surface area is 123 Å². The highest BCUT2D eigenvalue weighted by Gasteiger charge is 2.25. The molecule has 0 fully saturated rings. The molecule has 0 bridgehead atoms. The molecule has 0 saturated carbocycles. The third-order valence-corrected chi connectivity index (χ3v) is 5.46. The molecule has 108 valence electrons. The van der Waals surface area contributed by atoms with Crippen molar-refractivity contribution >= 4 is 33.2 Å². The fraction of sp³-hybridized carbons (Fsp3) is 0.455. The number of nitrogens with zero attached hydrogens (tertiary/aromatic N) is 2. The summed E-state index contributed by atoms with van der Waals surface area (Å²) in [6, 6.07) is 2.45. The Hall–Kier alpha value is -0.530. The maximum atomic E-state index is 12.3. The average molecular weight is 327 g/mol. The summed E-state index contributed by atoms with van der Waals surface area (Å²) in [6.45, 7) is 0.906.